The molecule has 3 heterocycles. The first kappa shape index (κ1) is 8.73. The number of aromatic nitrogens is 2. The number of rotatable bonds is 1. The van der Waals surface area contributed by atoms with Gasteiger partial charge in [0, 0.05) is 18.0 Å². The van der Waals surface area contributed by atoms with E-state index in [4.69, 9.17) is 4.42 Å². The highest BCUT2D eigenvalue weighted by Crippen LogP contribution is 2.23. The Morgan fingerprint density at radius 2 is 2.27 bits per heavy atom. The van der Waals surface area contributed by atoms with E-state index >= 15 is 0 Å². The fourth-order valence-corrected chi connectivity index (χ4v) is 1.97. The second kappa shape index (κ2) is 3.24. The van der Waals surface area contributed by atoms with Gasteiger partial charge in [-0.2, -0.15) is 0 Å². The highest BCUT2D eigenvalue weighted by Gasteiger charge is 2.06. The van der Waals surface area contributed by atoms with E-state index in [0.29, 0.717) is 0 Å². The molecule has 0 aliphatic carbocycles. The van der Waals surface area contributed by atoms with Crippen LogP contribution in [0.1, 0.15) is 0 Å². The van der Waals surface area contributed by atoms with Crippen molar-refractivity contribution >= 4 is 21.6 Å². The Balaban J connectivity index is 2.27. The van der Waals surface area contributed by atoms with E-state index in [-0.39, 0.29) is 0 Å². The second-order valence-corrected chi connectivity index (χ2v) is 4.08. The van der Waals surface area contributed by atoms with Crippen molar-refractivity contribution < 1.29 is 4.42 Å². The molecule has 0 aliphatic heterocycles. The fraction of sp³-hybridized carbons (Fsp3) is 0. The average Bonchev–Trinajstić information content (AvgIpc) is 2.86. The molecule has 0 atom stereocenters. The first-order valence-electron chi connectivity index (χ1n) is 4.50. The third kappa shape index (κ3) is 1.37. The third-order valence-corrected chi connectivity index (χ3v) is 2.87. The molecular weight excluding hydrogens is 256 g/mol. The van der Waals surface area contributed by atoms with Crippen molar-refractivity contribution in [2.24, 2.45) is 0 Å². The van der Waals surface area contributed by atoms with E-state index in [9.17, 15) is 0 Å². The summed E-state index contributed by atoms with van der Waals surface area (Å²) in [4.78, 5) is 4.51. The summed E-state index contributed by atoms with van der Waals surface area (Å²) in [5, 5.41) is 0. The zero-order chi connectivity index (χ0) is 10.3. The van der Waals surface area contributed by atoms with Gasteiger partial charge in [0.2, 0.25) is 0 Å². The molecule has 4 heteroatoms. The molecule has 3 aromatic rings. The van der Waals surface area contributed by atoms with Crippen molar-refractivity contribution in [2.75, 3.05) is 0 Å². The number of nitrogens with zero attached hydrogens (tertiary/aromatic N) is 2. The fourth-order valence-electron chi connectivity index (χ4n) is 1.53. The summed E-state index contributed by atoms with van der Waals surface area (Å²) in [5.41, 5.74) is 2.81. The lowest BCUT2D eigenvalue weighted by Gasteiger charge is -1.92. The van der Waals surface area contributed by atoms with Crippen molar-refractivity contribution in [3.63, 3.8) is 0 Å². The van der Waals surface area contributed by atoms with Gasteiger partial charge >= 0.3 is 0 Å². The number of furan rings is 1. The molecule has 3 nitrogen and oxygen atoms in total. The van der Waals surface area contributed by atoms with Crippen LogP contribution >= 0.6 is 15.9 Å². The Labute approximate surface area is 94.5 Å². The van der Waals surface area contributed by atoms with E-state index in [0.717, 1.165) is 21.4 Å². The molecule has 0 N–H and O–H groups in total. The quantitative estimate of drug-likeness (QED) is 0.674. The largest absolute Gasteiger partial charge is 0.472 e. The Hall–Kier alpha value is -1.55. The van der Waals surface area contributed by atoms with Crippen LogP contribution in [0.5, 0.6) is 0 Å². The zero-order valence-electron chi connectivity index (χ0n) is 7.72. The van der Waals surface area contributed by atoms with Crippen molar-refractivity contribution in [3.05, 3.63) is 47.6 Å². The molecule has 0 saturated heterocycles. The SMILES string of the molecule is Brc1cccn2cc(-c3ccoc3)nc12. The smallest absolute Gasteiger partial charge is 0.151 e. The van der Waals surface area contributed by atoms with Crippen LogP contribution in [0.2, 0.25) is 0 Å². The molecule has 0 aromatic carbocycles. The average molecular weight is 263 g/mol. The van der Waals surface area contributed by atoms with Crippen LogP contribution in [0.15, 0.2) is 52.0 Å². The Kier molecular flexibility index (Phi) is 1.89. The van der Waals surface area contributed by atoms with Gasteiger partial charge in [-0.05, 0) is 34.1 Å². The number of pyridine rings is 1. The lowest BCUT2D eigenvalue weighted by atomic mass is 10.3. The molecule has 74 valence electrons. The highest BCUT2D eigenvalue weighted by molar-refractivity contribution is 9.10. The molecule has 0 saturated carbocycles. The monoisotopic (exact) mass is 262 g/mol. The van der Waals surface area contributed by atoms with Crippen LogP contribution < -0.4 is 0 Å². The van der Waals surface area contributed by atoms with Crippen LogP contribution in [0.3, 0.4) is 0 Å². The van der Waals surface area contributed by atoms with Crippen LogP contribution in [0.4, 0.5) is 0 Å². The number of hydrogen-bond acceptors (Lipinski definition) is 2. The number of halogens is 1. The minimum absolute atomic E-state index is 0.911. The van der Waals surface area contributed by atoms with Crippen molar-refractivity contribution in [1.29, 1.82) is 0 Å². The Morgan fingerprint density at radius 1 is 1.33 bits per heavy atom. The minimum Gasteiger partial charge on any atom is -0.472 e. The zero-order valence-corrected chi connectivity index (χ0v) is 9.31. The third-order valence-electron chi connectivity index (χ3n) is 2.25. The number of hydrogen-bond donors (Lipinski definition) is 0. The Bertz CT molecular complexity index is 598. The maximum absolute atomic E-state index is 5.03. The summed E-state index contributed by atoms with van der Waals surface area (Å²) >= 11 is 3.47. The van der Waals surface area contributed by atoms with Gasteiger partial charge in [-0.15, -0.1) is 0 Å². The summed E-state index contributed by atoms with van der Waals surface area (Å²) in [6.45, 7) is 0. The van der Waals surface area contributed by atoms with Crippen molar-refractivity contribution in [1.82, 2.24) is 9.38 Å². The standard InChI is InChI=1S/C11H7BrN2O/c12-9-2-1-4-14-6-10(13-11(9)14)8-3-5-15-7-8/h1-7H. The molecule has 0 radical (unpaired) electrons. The predicted octanol–water partition coefficient (Wildman–Crippen LogP) is 3.36. The van der Waals surface area contributed by atoms with Crippen LogP contribution in [-0.4, -0.2) is 9.38 Å². The van der Waals surface area contributed by atoms with E-state index in [2.05, 4.69) is 20.9 Å². The van der Waals surface area contributed by atoms with Gasteiger partial charge < -0.3 is 8.82 Å². The topological polar surface area (TPSA) is 30.4 Å². The maximum Gasteiger partial charge on any atom is 0.151 e. The highest BCUT2D eigenvalue weighted by atomic mass is 79.9. The Morgan fingerprint density at radius 3 is 3.00 bits per heavy atom. The predicted molar refractivity (Wildman–Crippen MR) is 60.6 cm³/mol. The lowest BCUT2D eigenvalue weighted by molar-refractivity contribution is 0.568. The maximum atomic E-state index is 5.03. The van der Waals surface area contributed by atoms with Gasteiger partial charge in [-0.3, -0.25) is 0 Å². The van der Waals surface area contributed by atoms with Gasteiger partial charge in [0.15, 0.2) is 5.65 Å². The van der Waals surface area contributed by atoms with E-state index in [1.165, 1.54) is 0 Å². The first-order chi connectivity index (χ1) is 7.34. The molecule has 0 spiro atoms. The molecule has 3 aromatic heterocycles. The molecule has 0 unspecified atom stereocenters. The molecule has 0 aliphatic rings. The summed E-state index contributed by atoms with van der Waals surface area (Å²) < 4.78 is 8.00. The number of imidazole rings is 1. The van der Waals surface area contributed by atoms with E-state index < -0.39 is 0 Å². The normalized spacial score (nSPS) is 11.0. The van der Waals surface area contributed by atoms with E-state index in [1.807, 2.05) is 35.0 Å². The van der Waals surface area contributed by atoms with Gasteiger partial charge in [0.05, 0.1) is 22.7 Å². The molecule has 15 heavy (non-hydrogen) atoms. The first-order valence-corrected chi connectivity index (χ1v) is 5.30. The van der Waals surface area contributed by atoms with Gasteiger partial charge in [0.25, 0.3) is 0 Å². The van der Waals surface area contributed by atoms with Gasteiger partial charge in [-0.1, -0.05) is 0 Å². The van der Waals surface area contributed by atoms with Crippen LogP contribution in [0, 0.1) is 0 Å². The molecule has 3 rings (SSSR count). The molecule has 0 bridgehead atoms. The summed E-state index contributed by atoms with van der Waals surface area (Å²) in [6, 6.07) is 5.84. The minimum atomic E-state index is 0.911. The molecule has 0 fully saturated rings. The van der Waals surface area contributed by atoms with Crippen molar-refractivity contribution in [3.8, 4) is 11.3 Å². The lowest BCUT2D eigenvalue weighted by Crippen LogP contribution is -1.80. The van der Waals surface area contributed by atoms with E-state index in [1.54, 1.807) is 12.5 Å². The molecule has 0 amide bonds. The summed E-state index contributed by atoms with van der Waals surface area (Å²) in [6.07, 6.45) is 7.28. The van der Waals surface area contributed by atoms with Gasteiger partial charge in [-0.25, -0.2) is 4.98 Å². The molecular formula is C11H7BrN2O. The van der Waals surface area contributed by atoms with Crippen molar-refractivity contribution in [2.45, 2.75) is 0 Å². The van der Waals surface area contributed by atoms with Gasteiger partial charge in [0.1, 0.15) is 0 Å². The number of fused-ring (bicyclic) bond motifs is 1. The summed E-state index contributed by atoms with van der Waals surface area (Å²) in [7, 11) is 0. The van der Waals surface area contributed by atoms with Crippen LogP contribution in [0.25, 0.3) is 16.9 Å². The second-order valence-electron chi connectivity index (χ2n) is 3.23. The summed E-state index contributed by atoms with van der Waals surface area (Å²) in [5.74, 6) is 0. The van der Waals surface area contributed by atoms with Crippen LogP contribution in [-0.2, 0) is 0 Å².